The number of para-hydroxylation sites is 1. The van der Waals surface area contributed by atoms with Gasteiger partial charge in [-0.15, -0.1) is 0 Å². The topological polar surface area (TPSA) is 130 Å². The third-order valence-corrected chi connectivity index (χ3v) is 11.5. The third-order valence-electron chi connectivity index (χ3n) is 9.94. The Morgan fingerprint density at radius 3 is 2.32 bits per heavy atom. The number of nitrogens with zero attached hydrogens (tertiary/aromatic N) is 7. The van der Waals surface area contributed by atoms with Crippen molar-refractivity contribution < 1.29 is 18.8 Å². The van der Waals surface area contributed by atoms with Crippen LogP contribution in [0.5, 0.6) is 5.75 Å². The molecule has 2 aromatic heterocycles. The molecule has 0 unspecified atom stereocenters. The molecule has 0 bridgehead atoms. The average molecular weight is 744 g/mol. The van der Waals surface area contributed by atoms with Gasteiger partial charge in [-0.1, -0.05) is 19.1 Å². The SMILES string of the molecule is CCc1cc(Nc2ncc(-c3ccnn3C)c(Nc3ccccc3P(C)(C)=O)n2)c(OC)cc1N1CCC(N2CCN(C(=O)OC(C)(C)C)CC2)CC1. The zero-order valence-corrected chi connectivity index (χ0v) is 33.2. The molecule has 0 spiro atoms. The number of aromatic nitrogens is 4. The highest BCUT2D eigenvalue weighted by molar-refractivity contribution is 7.70. The quantitative estimate of drug-likeness (QED) is 0.168. The van der Waals surface area contributed by atoms with Crippen LogP contribution in [0.1, 0.15) is 46.1 Å². The summed E-state index contributed by atoms with van der Waals surface area (Å²) in [7, 11) is 0.978. The number of piperidine rings is 1. The summed E-state index contributed by atoms with van der Waals surface area (Å²) in [4.78, 5) is 29.1. The Hall–Kier alpha value is -4.61. The molecule has 2 aromatic carbocycles. The molecule has 13 nitrogen and oxygen atoms in total. The first-order valence-corrected chi connectivity index (χ1v) is 21.1. The van der Waals surface area contributed by atoms with E-state index in [0.29, 0.717) is 36.6 Å². The molecule has 6 rings (SSSR count). The van der Waals surface area contributed by atoms with E-state index in [1.807, 2.05) is 63.1 Å². The van der Waals surface area contributed by atoms with Crippen molar-refractivity contribution in [2.75, 3.05) is 75.2 Å². The van der Waals surface area contributed by atoms with E-state index in [4.69, 9.17) is 19.4 Å². The van der Waals surface area contributed by atoms with Crippen LogP contribution >= 0.6 is 7.14 Å². The summed E-state index contributed by atoms with van der Waals surface area (Å²) in [5.74, 6) is 1.66. The van der Waals surface area contributed by atoms with E-state index in [9.17, 15) is 9.36 Å². The van der Waals surface area contributed by atoms with Crippen LogP contribution < -0.4 is 25.6 Å². The monoisotopic (exact) mass is 743 g/mol. The summed E-state index contributed by atoms with van der Waals surface area (Å²) in [6.07, 6.45) is 6.25. The minimum atomic E-state index is -2.58. The van der Waals surface area contributed by atoms with Gasteiger partial charge in [0.1, 0.15) is 24.3 Å². The Kier molecular flexibility index (Phi) is 11.4. The van der Waals surface area contributed by atoms with E-state index >= 15 is 0 Å². The molecule has 2 aliphatic heterocycles. The molecule has 4 aromatic rings. The molecule has 2 saturated heterocycles. The van der Waals surface area contributed by atoms with Crippen molar-refractivity contribution >= 4 is 47.4 Å². The second kappa shape index (κ2) is 15.8. The first kappa shape index (κ1) is 38.1. The number of anilines is 5. The molecule has 0 radical (unpaired) electrons. The molecule has 2 N–H and O–H groups in total. The fourth-order valence-electron chi connectivity index (χ4n) is 7.19. The van der Waals surface area contributed by atoms with E-state index in [1.54, 1.807) is 37.5 Å². The van der Waals surface area contributed by atoms with Crippen molar-refractivity contribution in [2.45, 2.75) is 58.6 Å². The van der Waals surface area contributed by atoms with E-state index in [2.05, 4.69) is 44.6 Å². The van der Waals surface area contributed by atoms with E-state index < -0.39 is 12.7 Å². The van der Waals surface area contributed by atoms with Crippen LogP contribution in [0.15, 0.2) is 54.9 Å². The molecular formula is C39H54N9O4P. The van der Waals surface area contributed by atoms with Gasteiger partial charge in [-0.2, -0.15) is 10.1 Å². The smallest absolute Gasteiger partial charge is 0.410 e. The van der Waals surface area contributed by atoms with E-state index in [1.165, 1.54) is 11.3 Å². The first-order valence-electron chi connectivity index (χ1n) is 18.5. The standard InChI is InChI=1S/C39H54N9O4P/c1-9-27-24-31(34(51-6)25-33(27)47-18-15-28(16-19-47)46-20-22-48(23-21-46)38(49)52-39(2,3)4)43-37-40-26-29(32-14-17-41-45(32)5)36(44-37)42-30-12-10-11-13-35(30)53(7,8)50/h10-14,17,24-26,28H,9,15-16,18-23H2,1-8H3,(H2,40,42,43,44). The van der Waals surface area contributed by atoms with Gasteiger partial charge in [-0.3, -0.25) is 9.58 Å². The van der Waals surface area contributed by atoms with Crippen molar-refractivity contribution in [1.29, 1.82) is 0 Å². The number of carbonyl (C=O) groups is 1. The second-order valence-electron chi connectivity index (χ2n) is 15.2. The number of hydrogen-bond donors (Lipinski definition) is 2. The summed E-state index contributed by atoms with van der Waals surface area (Å²) in [6.45, 7) is 16.4. The lowest BCUT2D eigenvalue weighted by Gasteiger charge is -2.43. The van der Waals surface area contributed by atoms with Crippen LogP contribution in [-0.4, -0.2) is 107 Å². The number of methoxy groups -OCH3 is 1. The van der Waals surface area contributed by atoms with E-state index in [-0.39, 0.29) is 6.09 Å². The minimum absolute atomic E-state index is 0.219. The predicted molar refractivity (Wildman–Crippen MR) is 213 cm³/mol. The molecule has 14 heteroatoms. The van der Waals surface area contributed by atoms with Crippen LogP contribution in [-0.2, 0) is 22.8 Å². The maximum Gasteiger partial charge on any atom is 0.410 e. The largest absolute Gasteiger partial charge is 0.494 e. The van der Waals surface area contributed by atoms with Gasteiger partial charge < -0.3 is 34.5 Å². The number of ether oxygens (including phenoxy) is 2. The normalized spacial score (nSPS) is 16.1. The molecule has 1 amide bonds. The summed E-state index contributed by atoms with van der Waals surface area (Å²) >= 11 is 0. The van der Waals surface area contributed by atoms with Gasteiger partial charge in [0.15, 0.2) is 0 Å². The molecule has 0 saturated carbocycles. The van der Waals surface area contributed by atoms with Crippen molar-refractivity contribution in [1.82, 2.24) is 29.5 Å². The number of hydrogen-bond acceptors (Lipinski definition) is 11. The van der Waals surface area contributed by atoms with Gasteiger partial charge in [0.2, 0.25) is 5.95 Å². The Morgan fingerprint density at radius 1 is 0.981 bits per heavy atom. The highest BCUT2D eigenvalue weighted by atomic mass is 31.2. The maximum atomic E-state index is 13.2. The lowest BCUT2D eigenvalue weighted by molar-refractivity contribution is 0.00901. The van der Waals surface area contributed by atoms with Crippen LogP contribution in [0.2, 0.25) is 0 Å². The fraction of sp³-hybridized carbons (Fsp3) is 0.487. The molecule has 0 aliphatic carbocycles. The zero-order valence-electron chi connectivity index (χ0n) is 32.3. The summed E-state index contributed by atoms with van der Waals surface area (Å²) in [5.41, 5.74) is 5.01. The zero-order chi connectivity index (χ0) is 37.9. The van der Waals surface area contributed by atoms with Gasteiger partial charge in [0.25, 0.3) is 0 Å². The van der Waals surface area contributed by atoms with Crippen LogP contribution in [0.25, 0.3) is 11.3 Å². The average Bonchev–Trinajstić information content (AvgIpc) is 3.56. The second-order valence-corrected chi connectivity index (χ2v) is 18.4. The van der Waals surface area contributed by atoms with Gasteiger partial charge in [0, 0.05) is 81.8 Å². The Bertz CT molecular complexity index is 1950. The van der Waals surface area contributed by atoms with Crippen LogP contribution in [0.3, 0.4) is 0 Å². The maximum absolute atomic E-state index is 13.2. The van der Waals surface area contributed by atoms with Crippen molar-refractivity contribution in [2.24, 2.45) is 7.05 Å². The summed E-state index contributed by atoms with van der Waals surface area (Å²) in [5, 5.41) is 12.0. The number of amides is 1. The van der Waals surface area contributed by atoms with Crippen molar-refractivity contribution in [3.8, 4) is 17.0 Å². The molecule has 284 valence electrons. The van der Waals surface area contributed by atoms with Crippen LogP contribution in [0.4, 0.5) is 33.6 Å². The number of carbonyl (C=O) groups excluding carboxylic acids is 1. The Labute approximate surface area is 313 Å². The van der Waals surface area contributed by atoms with Gasteiger partial charge >= 0.3 is 6.09 Å². The number of benzene rings is 2. The fourth-order valence-corrected chi connectivity index (χ4v) is 8.34. The predicted octanol–water partition coefficient (Wildman–Crippen LogP) is 6.70. The first-order chi connectivity index (χ1) is 25.2. The summed E-state index contributed by atoms with van der Waals surface area (Å²) < 4.78 is 26.5. The Morgan fingerprint density at radius 2 is 1.70 bits per heavy atom. The summed E-state index contributed by atoms with van der Waals surface area (Å²) in [6, 6.07) is 14.3. The molecule has 0 atom stereocenters. The minimum Gasteiger partial charge on any atom is -0.494 e. The highest BCUT2D eigenvalue weighted by Gasteiger charge is 2.31. The van der Waals surface area contributed by atoms with Gasteiger partial charge in [0.05, 0.1) is 29.7 Å². The number of piperazine rings is 1. The highest BCUT2D eigenvalue weighted by Crippen LogP contribution is 2.40. The molecular weight excluding hydrogens is 689 g/mol. The number of nitrogens with one attached hydrogen (secondary N) is 2. The molecule has 2 aliphatic rings. The van der Waals surface area contributed by atoms with E-state index in [0.717, 1.165) is 73.4 Å². The third kappa shape index (κ3) is 8.96. The van der Waals surface area contributed by atoms with Crippen molar-refractivity contribution in [3.05, 3.63) is 60.4 Å². The van der Waals surface area contributed by atoms with Crippen LogP contribution in [0, 0.1) is 0 Å². The lowest BCUT2D eigenvalue weighted by Crippen LogP contribution is -2.55. The Balaban J connectivity index is 1.18. The number of rotatable bonds is 10. The van der Waals surface area contributed by atoms with Gasteiger partial charge in [-0.05, 0) is 83.2 Å². The lowest BCUT2D eigenvalue weighted by atomic mass is 9.99. The molecule has 53 heavy (non-hydrogen) atoms. The molecule has 4 heterocycles. The molecule has 2 fully saturated rings. The van der Waals surface area contributed by atoms with Crippen molar-refractivity contribution in [3.63, 3.8) is 0 Å². The van der Waals surface area contributed by atoms with Gasteiger partial charge in [-0.25, -0.2) is 9.78 Å². The number of aryl methyl sites for hydroxylation is 2.